The Morgan fingerprint density at radius 2 is 2.32 bits per heavy atom. The molecule has 0 aliphatic rings. The quantitative estimate of drug-likeness (QED) is 0.859. The summed E-state index contributed by atoms with van der Waals surface area (Å²) < 4.78 is 2.65. The topological polar surface area (TPSA) is 66.5 Å². The molecule has 2 aromatic rings. The molecule has 0 atom stereocenters. The van der Waals surface area contributed by atoms with Gasteiger partial charge in [-0.15, -0.1) is 5.10 Å². The molecule has 1 N–H and O–H groups in total. The number of nitrogens with one attached hydrogen (secondary N) is 1. The van der Waals surface area contributed by atoms with Crippen molar-refractivity contribution in [2.24, 2.45) is 0 Å². The van der Waals surface area contributed by atoms with Gasteiger partial charge in [-0.05, 0) is 36.7 Å². The lowest BCUT2D eigenvalue weighted by atomic mass is 10.2. The van der Waals surface area contributed by atoms with Crippen molar-refractivity contribution < 1.29 is 0 Å². The normalized spacial score (nSPS) is 10.4. The minimum atomic E-state index is 0.176. The van der Waals surface area contributed by atoms with Crippen LogP contribution >= 0.6 is 15.9 Å². The molecule has 0 aliphatic carbocycles. The van der Waals surface area contributed by atoms with Crippen LogP contribution in [-0.2, 0) is 6.54 Å². The maximum atomic E-state index is 8.78. The lowest BCUT2D eigenvalue weighted by Crippen LogP contribution is -2.15. The Kier molecular flexibility index (Phi) is 4.66. The first-order chi connectivity index (χ1) is 9.24. The molecule has 5 nitrogen and oxygen atoms in total. The van der Waals surface area contributed by atoms with Gasteiger partial charge in [0.2, 0.25) is 0 Å². The number of hydrogen-bond donors (Lipinski definition) is 1. The van der Waals surface area contributed by atoms with Crippen molar-refractivity contribution in [3.05, 3.63) is 40.4 Å². The summed E-state index contributed by atoms with van der Waals surface area (Å²) in [7, 11) is 0. The zero-order valence-corrected chi connectivity index (χ0v) is 12.2. The van der Waals surface area contributed by atoms with Crippen molar-refractivity contribution in [3.8, 4) is 11.8 Å². The van der Waals surface area contributed by atoms with E-state index in [0.29, 0.717) is 0 Å². The number of nitrogens with zero attached hydrogens (tertiary/aromatic N) is 4. The van der Waals surface area contributed by atoms with Gasteiger partial charge in [0, 0.05) is 11.0 Å². The molecule has 0 radical (unpaired) electrons. The summed E-state index contributed by atoms with van der Waals surface area (Å²) in [5, 5.41) is 16.3. The van der Waals surface area contributed by atoms with E-state index in [2.05, 4.69) is 38.3 Å². The molecule has 0 spiro atoms. The Morgan fingerprint density at radius 1 is 1.47 bits per heavy atom. The van der Waals surface area contributed by atoms with Gasteiger partial charge >= 0.3 is 0 Å². The summed E-state index contributed by atoms with van der Waals surface area (Å²) in [5.74, 6) is 0.176. The fraction of sp³-hybridized carbons (Fsp3) is 0.308. The maximum absolute atomic E-state index is 8.78. The van der Waals surface area contributed by atoms with E-state index in [0.717, 1.165) is 35.2 Å². The van der Waals surface area contributed by atoms with E-state index in [-0.39, 0.29) is 5.82 Å². The first-order valence-electron chi connectivity index (χ1n) is 6.06. The van der Waals surface area contributed by atoms with Gasteiger partial charge in [0.1, 0.15) is 12.4 Å². The van der Waals surface area contributed by atoms with E-state index >= 15 is 0 Å². The van der Waals surface area contributed by atoms with Crippen molar-refractivity contribution in [3.63, 3.8) is 0 Å². The molecular weight excluding hydrogens is 306 g/mol. The molecule has 1 aromatic heterocycles. The fourth-order valence-corrected chi connectivity index (χ4v) is 2.16. The van der Waals surface area contributed by atoms with Crippen LogP contribution in [0.15, 0.2) is 29.0 Å². The second kappa shape index (κ2) is 6.45. The van der Waals surface area contributed by atoms with Crippen LogP contribution in [0.5, 0.6) is 0 Å². The van der Waals surface area contributed by atoms with Crippen molar-refractivity contribution in [2.45, 2.75) is 19.9 Å². The lowest BCUT2D eigenvalue weighted by Gasteiger charge is -2.10. The number of aromatic nitrogens is 3. The first kappa shape index (κ1) is 13.7. The molecule has 6 heteroatoms. The van der Waals surface area contributed by atoms with Gasteiger partial charge in [-0.25, -0.2) is 9.67 Å². The van der Waals surface area contributed by atoms with Gasteiger partial charge in [-0.3, -0.25) is 0 Å². The number of hydrogen-bond acceptors (Lipinski definition) is 4. The molecule has 1 heterocycles. The predicted octanol–water partition coefficient (Wildman–Crippen LogP) is 2.40. The molecule has 2 rings (SSSR count). The Hall–Kier alpha value is -1.71. The molecule has 0 saturated heterocycles. The number of nitriles is 1. The fourth-order valence-electron chi connectivity index (χ4n) is 1.75. The monoisotopic (exact) mass is 319 g/mol. The highest BCUT2D eigenvalue weighted by Crippen LogP contribution is 2.19. The van der Waals surface area contributed by atoms with Crippen molar-refractivity contribution in [1.29, 1.82) is 5.26 Å². The molecule has 0 fully saturated rings. The zero-order valence-electron chi connectivity index (χ0n) is 10.6. The summed E-state index contributed by atoms with van der Waals surface area (Å²) in [6.45, 7) is 3.85. The molecule has 0 aliphatic heterocycles. The summed E-state index contributed by atoms with van der Waals surface area (Å²) in [5.41, 5.74) is 2.04. The molecular formula is C13H14BrN5. The molecule has 98 valence electrons. The molecule has 19 heavy (non-hydrogen) atoms. The second-order valence-corrected chi connectivity index (χ2v) is 4.99. The minimum absolute atomic E-state index is 0.176. The van der Waals surface area contributed by atoms with Crippen LogP contribution in [0.3, 0.4) is 0 Å². The van der Waals surface area contributed by atoms with E-state index < -0.39 is 0 Å². The summed E-state index contributed by atoms with van der Waals surface area (Å²) >= 11 is 3.47. The second-order valence-electron chi connectivity index (χ2n) is 4.07. The molecule has 0 bridgehead atoms. The smallest absolute Gasteiger partial charge is 0.252 e. The van der Waals surface area contributed by atoms with Gasteiger partial charge in [0.15, 0.2) is 0 Å². The molecule has 0 amide bonds. The van der Waals surface area contributed by atoms with Crippen LogP contribution in [0.4, 0.5) is 0 Å². The van der Waals surface area contributed by atoms with Crippen LogP contribution in [-0.4, -0.2) is 21.3 Å². The van der Waals surface area contributed by atoms with Gasteiger partial charge < -0.3 is 5.32 Å². The Labute approximate surface area is 120 Å². The van der Waals surface area contributed by atoms with Crippen LogP contribution < -0.4 is 5.32 Å². The third-order valence-electron chi connectivity index (χ3n) is 2.62. The number of benzene rings is 1. The molecule has 1 aromatic carbocycles. The maximum Gasteiger partial charge on any atom is 0.252 e. The highest BCUT2D eigenvalue weighted by atomic mass is 79.9. The highest BCUT2D eigenvalue weighted by Gasteiger charge is 2.08. The lowest BCUT2D eigenvalue weighted by molar-refractivity contribution is 0.670. The summed E-state index contributed by atoms with van der Waals surface area (Å²) in [6.07, 6.45) is 2.65. The van der Waals surface area contributed by atoms with Gasteiger partial charge in [0.25, 0.3) is 5.82 Å². The van der Waals surface area contributed by atoms with Crippen LogP contribution in [0.25, 0.3) is 5.69 Å². The predicted molar refractivity (Wildman–Crippen MR) is 75.8 cm³/mol. The van der Waals surface area contributed by atoms with Gasteiger partial charge in [-0.1, -0.05) is 22.9 Å². The van der Waals surface area contributed by atoms with Crippen molar-refractivity contribution in [2.75, 3.05) is 6.54 Å². The Morgan fingerprint density at radius 3 is 3.00 bits per heavy atom. The third kappa shape index (κ3) is 3.40. The SMILES string of the molecule is CCCNCc1cc(Br)ccc1-n1cnc(C#N)n1. The van der Waals surface area contributed by atoms with E-state index in [1.54, 1.807) is 11.0 Å². The summed E-state index contributed by atoms with van der Waals surface area (Å²) in [6, 6.07) is 7.89. The van der Waals surface area contributed by atoms with E-state index in [1.165, 1.54) is 0 Å². The number of rotatable bonds is 5. The Bertz CT molecular complexity index is 599. The zero-order chi connectivity index (χ0) is 13.7. The van der Waals surface area contributed by atoms with E-state index in [1.807, 2.05) is 24.3 Å². The Balaban J connectivity index is 2.30. The van der Waals surface area contributed by atoms with E-state index in [4.69, 9.17) is 5.26 Å². The third-order valence-corrected chi connectivity index (χ3v) is 3.12. The number of halogens is 1. The average Bonchev–Trinajstić information content (AvgIpc) is 2.88. The van der Waals surface area contributed by atoms with Crippen LogP contribution in [0, 0.1) is 11.3 Å². The average molecular weight is 320 g/mol. The van der Waals surface area contributed by atoms with Crippen LogP contribution in [0.1, 0.15) is 24.7 Å². The molecule has 0 unspecified atom stereocenters. The standard InChI is InChI=1S/C13H14BrN5/c1-2-5-16-8-10-6-11(14)3-4-12(10)19-9-17-13(7-15)18-19/h3-4,6,9,16H,2,5,8H2,1H3. The summed E-state index contributed by atoms with van der Waals surface area (Å²) in [4.78, 5) is 3.93. The first-order valence-corrected chi connectivity index (χ1v) is 6.85. The van der Waals surface area contributed by atoms with Gasteiger partial charge in [-0.2, -0.15) is 5.26 Å². The van der Waals surface area contributed by atoms with Gasteiger partial charge in [0.05, 0.1) is 5.69 Å². The van der Waals surface area contributed by atoms with Crippen molar-refractivity contribution >= 4 is 15.9 Å². The largest absolute Gasteiger partial charge is 0.313 e. The van der Waals surface area contributed by atoms with Crippen molar-refractivity contribution in [1.82, 2.24) is 20.1 Å². The van der Waals surface area contributed by atoms with E-state index in [9.17, 15) is 0 Å². The van der Waals surface area contributed by atoms with Crippen LogP contribution in [0.2, 0.25) is 0 Å². The minimum Gasteiger partial charge on any atom is -0.313 e. The highest BCUT2D eigenvalue weighted by molar-refractivity contribution is 9.10. The molecule has 0 saturated carbocycles.